The molecular weight excluding hydrogens is 214 g/mol. The minimum Gasteiger partial charge on any atom is -0.310 e. The molecule has 1 aromatic heterocycles. The summed E-state index contributed by atoms with van der Waals surface area (Å²) in [5, 5.41) is 5.65. The lowest BCUT2D eigenvalue weighted by molar-refractivity contribution is 0.688. The number of thiophene rings is 1. The molecular formula is C14H15NS. The van der Waals surface area contributed by atoms with E-state index in [1.807, 2.05) is 0 Å². The molecule has 1 heterocycles. The molecule has 0 atom stereocenters. The lowest BCUT2D eigenvalue weighted by Gasteiger charge is -2.04. The van der Waals surface area contributed by atoms with E-state index in [4.69, 9.17) is 0 Å². The predicted molar refractivity (Wildman–Crippen MR) is 69.6 cm³/mol. The summed E-state index contributed by atoms with van der Waals surface area (Å²) >= 11 is 1.79. The molecule has 0 radical (unpaired) electrons. The van der Waals surface area contributed by atoms with Crippen LogP contribution in [0.15, 0.2) is 41.8 Å². The lowest BCUT2D eigenvalue weighted by atomic mass is 10.1. The van der Waals surface area contributed by atoms with Gasteiger partial charge in [0.1, 0.15) is 0 Å². The summed E-state index contributed by atoms with van der Waals surface area (Å²) in [7, 11) is 0. The van der Waals surface area contributed by atoms with Crippen LogP contribution in [-0.2, 0) is 6.54 Å². The Labute approximate surface area is 100 Å². The SMILES string of the molecule is c1csc(-c2ccc(CNC3CC3)cc2)c1. The van der Waals surface area contributed by atoms with Crippen molar-refractivity contribution in [2.45, 2.75) is 25.4 Å². The average Bonchev–Trinajstić information content (AvgIpc) is 3.00. The van der Waals surface area contributed by atoms with Crippen molar-refractivity contribution in [3.05, 3.63) is 47.3 Å². The van der Waals surface area contributed by atoms with E-state index in [9.17, 15) is 0 Å². The molecule has 82 valence electrons. The second-order valence-corrected chi connectivity index (χ2v) is 5.28. The van der Waals surface area contributed by atoms with Gasteiger partial charge in [0.25, 0.3) is 0 Å². The zero-order chi connectivity index (χ0) is 10.8. The third-order valence-corrected chi connectivity index (χ3v) is 3.85. The molecule has 1 N–H and O–H groups in total. The fourth-order valence-corrected chi connectivity index (χ4v) is 2.51. The summed E-state index contributed by atoms with van der Waals surface area (Å²) in [5.41, 5.74) is 2.71. The topological polar surface area (TPSA) is 12.0 Å². The number of hydrogen-bond acceptors (Lipinski definition) is 2. The molecule has 0 bridgehead atoms. The lowest BCUT2D eigenvalue weighted by Crippen LogP contribution is -2.14. The van der Waals surface area contributed by atoms with Crippen molar-refractivity contribution in [3.63, 3.8) is 0 Å². The molecule has 0 spiro atoms. The van der Waals surface area contributed by atoms with Crippen LogP contribution >= 0.6 is 11.3 Å². The molecule has 2 heteroatoms. The molecule has 0 amide bonds. The smallest absolute Gasteiger partial charge is 0.0342 e. The maximum Gasteiger partial charge on any atom is 0.0342 e. The second-order valence-electron chi connectivity index (χ2n) is 4.33. The van der Waals surface area contributed by atoms with Gasteiger partial charge in [0, 0.05) is 17.5 Å². The standard InChI is InChI=1S/C14H15NS/c1-2-14(16-9-1)12-5-3-11(4-6-12)10-15-13-7-8-13/h1-6,9,13,15H,7-8,10H2. The molecule has 1 nitrogen and oxygen atoms in total. The fraction of sp³-hybridized carbons (Fsp3) is 0.286. The summed E-state index contributed by atoms with van der Waals surface area (Å²) < 4.78 is 0. The van der Waals surface area contributed by atoms with Gasteiger partial charge in [-0.05, 0) is 35.4 Å². The molecule has 0 saturated heterocycles. The Bertz CT molecular complexity index is 440. The van der Waals surface area contributed by atoms with Gasteiger partial charge in [-0.1, -0.05) is 30.3 Å². The highest BCUT2D eigenvalue weighted by atomic mass is 32.1. The second kappa shape index (κ2) is 4.40. The summed E-state index contributed by atoms with van der Waals surface area (Å²) in [4.78, 5) is 1.35. The molecule has 1 aliphatic carbocycles. The first kappa shape index (κ1) is 10.1. The van der Waals surface area contributed by atoms with Crippen LogP contribution in [0, 0.1) is 0 Å². The Kier molecular flexibility index (Phi) is 2.77. The molecule has 1 aliphatic rings. The van der Waals surface area contributed by atoms with Crippen molar-refractivity contribution < 1.29 is 0 Å². The van der Waals surface area contributed by atoms with E-state index in [0.717, 1.165) is 12.6 Å². The minimum absolute atomic E-state index is 0.789. The Morgan fingerprint density at radius 2 is 1.94 bits per heavy atom. The summed E-state index contributed by atoms with van der Waals surface area (Å²) in [6, 6.07) is 13.9. The van der Waals surface area contributed by atoms with Crippen molar-refractivity contribution in [1.29, 1.82) is 0 Å². The van der Waals surface area contributed by atoms with Crippen LogP contribution in [0.1, 0.15) is 18.4 Å². The van der Waals surface area contributed by atoms with E-state index < -0.39 is 0 Å². The summed E-state index contributed by atoms with van der Waals surface area (Å²) in [5.74, 6) is 0. The summed E-state index contributed by atoms with van der Waals surface area (Å²) in [6.07, 6.45) is 2.71. The molecule has 1 fully saturated rings. The van der Waals surface area contributed by atoms with E-state index in [0.29, 0.717) is 0 Å². The van der Waals surface area contributed by atoms with E-state index in [-0.39, 0.29) is 0 Å². The number of hydrogen-bond donors (Lipinski definition) is 1. The highest BCUT2D eigenvalue weighted by Gasteiger charge is 2.19. The van der Waals surface area contributed by atoms with Crippen LogP contribution in [0.2, 0.25) is 0 Å². The quantitative estimate of drug-likeness (QED) is 0.843. The molecule has 3 rings (SSSR count). The molecule has 0 aliphatic heterocycles. The zero-order valence-corrected chi connectivity index (χ0v) is 9.96. The molecule has 1 saturated carbocycles. The maximum absolute atomic E-state index is 3.53. The van der Waals surface area contributed by atoms with Crippen molar-refractivity contribution in [2.24, 2.45) is 0 Å². The van der Waals surface area contributed by atoms with Gasteiger partial charge in [0.2, 0.25) is 0 Å². The van der Waals surface area contributed by atoms with Gasteiger partial charge in [-0.25, -0.2) is 0 Å². The number of rotatable bonds is 4. The maximum atomic E-state index is 3.53. The molecule has 1 aromatic carbocycles. The fourth-order valence-electron chi connectivity index (χ4n) is 1.78. The van der Waals surface area contributed by atoms with E-state index in [2.05, 4.69) is 47.1 Å². The van der Waals surface area contributed by atoms with Gasteiger partial charge in [-0.15, -0.1) is 11.3 Å². The van der Waals surface area contributed by atoms with Gasteiger partial charge in [0.15, 0.2) is 0 Å². The van der Waals surface area contributed by atoms with Crippen molar-refractivity contribution in [3.8, 4) is 10.4 Å². The van der Waals surface area contributed by atoms with Crippen molar-refractivity contribution >= 4 is 11.3 Å². The first-order valence-corrected chi connectivity index (χ1v) is 6.66. The third-order valence-electron chi connectivity index (χ3n) is 2.93. The van der Waals surface area contributed by atoms with Gasteiger partial charge in [-0.2, -0.15) is 0 Å². The van der Waals surface area contributed by atoms with Gasteiger partial charge < -0.3 is 5.32 Å². The highest BCUT2D eigenvalue weighted by molar-refractivity contribution is 7.13. The van der Waals surface area contributed by atoms with Crippen LogP contribution in [-0.4, -0.2) is 6.04 Å². The Morgan fingerprint density at radius 3 is 2.56 bits per heavy atom. The average molecular weight is 229 g/mol. The minimum atomic E-state index is 0.789. The Balaban J connectivity index is 1.69. The van der Waals surface area contributed by atoms with E-state index in [1.54, 1.807) is 11.3 Å². The first-order valence-electron chi connectivity index (χ1n) is 5.78. The summed E-state index contributed by atoms with van der Waals surface area (Å²) in [6.45, 7) is 1.01. The largest absolute Gasteiger partial charge is 0.310 e. The van der Waals surface area contributed by atoms with Crippen LogP contribution in [0.5, 0.6) is 0 Å². The van der Waals surface area contributed by atoms with E-state index in [1.165, 1.54) is 28.8 Å². The van der Waals surface area contributed by atoms with Crippen LogP contribution in [0.3, 0.4) is 0 Å². The van der Waals surface area contributed by atoms with E-state index >= 15 is 0 Å². The van der Waals surface area contributed by atoms with Crippen molar-refractivity contribution in [1.82, 2.24) is 5.32 Å². The monoisotopic (exact) mass is 229 g/mol. The van der Waals surface area contributed by atoms with Crippen LogP contribution in [0.4, 0.5) is 0 Å². The molecule has 0 unspecified atom stereocenters. The normalized spacial score (nSPS) is 15.2. The molecule has 2 aromatic rings. The Morgan fingerprint density at radius 1 is 1.12 bits per heavy atom. The van der Waals surface area contributed by atoms with Crippen LogP contribution < -0.4 is 5.32 Å². The van der Waals surface area contributed by atoms with Gasteiger partial charge in [0.05, 0.1) is 0 Å². The first-order chi connectivity index (χ1) is 7.92. The third kappa shape index (κ3) is 2.34. The zero-order valence-electron chi connectivity index (χ0n) is 9.15. The number of nitrogens with one attached hydrogen (secondary N) is 1. The van der Waals surface area contributed by atoms with Gasteiger partial charge >= 0.3 is 0 Å². The van der Waals surface area contributed by atoms with Gasteiger partial charge in [-0.3, -0.25) is 0 Å². The number of benzene rings is 1. The highest BCUT2D eigenvalue weighted by Crippen LogP contribution is 2.25. The molecule has 16 heavy (non-hydrogen) atoms. The van der Waals surface area contributed by atoms with Crippen molar-refractivity contribution in [2.75, 3.05) is 0 Å². The predicted octanol–water partition coefficient (Wildman–Crippen LogP) is 3.67. The Hall–Kier alpha value is -1.12. The van der Waals surface area contributed by atoms with Crippen LogP contribution in [0.25, 0.3) is 10.4 Å².